The van der Waals surface area contributed by atoms with Gasteiger partial charge in [0.25, 0.3) is 0 Å². The summed E-state index contributed by atoms with van der Waals surface area (Å²) in [5.74, 6) is 0.774. The first-order valence-corrected chi connectivity index (χ1v) is 14.2. The fourth-order valence-corrected chi connectivity index (χ4v) is 5.52. The number of hydrogen-bond acceptors (Lipinski definition) is 9. The van der Waals surface area contributed by atoms with Crippen LogP contribution in [0.2, 0.25) is 5.15 Å². The Kier molecular flexibility index (Phi) is 6.82. The molecule has 0 atom stereocenters. The van der Waals surface area contributed by atoms with Crippen molar-refractivity contribution in [1.82, 2.24) is 35.2 Å². The molecule has 3 aromatic heterocycles. The maximum absolute atomic E-state index is 11.8. The molecule has 1 saturated heterocycles. The first kappa shape index (κ1) is 24.8. The summed E-state index contributed by atoms with van der Waals surface area (Å²) in [7, 11) is -3.27. The van der Waals surface area contributed by atoms with Crippen LogP contribution in [0, 0.1) is 0 Å². The van der Waals surface area contributed by atoms with Crippen molar-refractivity contribution < 1.29 is 12.8 Å². The number of aromatic amines is 1. The molecule has 190 valence electrons. The summed E-state index contributed by atoms with van der Waals surface area (Å²) in [5, 5.41) is 16.8. The second kappa shape index (κ2) is 9.89. The highest BCUT2D eigenvalue weighted by Gasteiger charge is 2.22. The van der Waals surface area contributed by atoms with E-state index in [4.69, 9.17) is 16.0 Å². The lowest BCUT2D eigenvalue weighted by Gasteiger charge is -2.36. The molecule has 36 heavy (non-hydrogen) atoms. The third kappa shape index (κ3) is 5.44. The van der Waals surface area contributed by atoms with E-state index >= 15 is 0 Å². The zero-order valence-corrected chi connectivity index (χ0v) is 22.0. The number of nitrogens with one attached hydrogen (secondary N) is 1. The van der Waals surface area contributed by atoms with Crippen LogP contribution >= 0.6 is 11.6 Å². The maximum atomic E-state index is 11.8. The minimum atomic E-state index is -3.27. The van der Waals surface area contributed by atoms with Crippen molar-refractivity contribution in [3.63, 3.8) is 0 Å². The molecule has 5 rings (SSSR count). The lowest BCUT2D eigenvalue weighted by Crippen LogP contribution is -2.48. The Morgan fingerprint density at radius 2 is 1.86 bits per heavy atom. The normalized spacial score (nSPS) is 15.8. The van der Waals surface area contributed by atoms with Crippen molar-refractivity contribution >= 4 is 32.3 Å². The van der Waals surface area contributed by atoms with Crippen LogP contribution in [0.5, 0.6) is 0 Å². The molecule has 1 aliphatic heterocycles. The van der Waals surface area contributed by atoms with Crippen LogP contribution in [-0.2, 0) is 22.1 Å². The number of benzene rings is 1. The fourth-order valence-electron chi connectivity index (χ4n) is 4.49. The molecule has 4 heterocycles. The van der Waals surface area contributed by atoms with Crippen LogP contribution in [0.25, 0.3) is 33.5 Å². The highest BCUT2D eigenvalue weighted by atomic mass is 35.5. The van der Waals surface area contributed by atoms with Crippen molar-refractivity contribution in [1.29, 1.82) is 0 Å². The quantitative estimate of drug-likeness (QED) is 0.359. The largest absolute Gasteiger partial charge is 0.419 e. The molecule has 0 amide bonds. The number of nitrogens with zero attached hydrogens (tertiary/aromatic N) is 6. The predicted octanol–water partition coefficient (Wildman–Crippen LogP) is 3.40. The van der Waals surface area contributed by atoms with E-state index in [1.807, 2.05) is 12.1 Å². The third-order valence-corrected chi connectivity index (χ3v) is 7.59. The number of halogens is 1. The van der Waals surface area contributed by atoms with Crippen LogP contribution in [0.3, 0.4) is 0 Å². The summed E-state index contributed by atoms with van der Waals surface area (Å²) in [6.45, 7) is 8.99. The molecule has 10 nitrogen and oxygen atoms in total. The van der Waals surface area contributed by atoms with E-state index in [0.717, 1.165) is 53.8 Å². The maximum Gasteiger partial charge on any atom is 0.248 e. The number of aromatic nitrogens is 5. The van der Waals surface area contributed by atoms with Gasteiger partial charge in [-0.05, 0) is 37.6 Å². The molecule has 4 aromatic rings. The van der Waals surface area contributed by atoms with Gasteiger partial charge in [-0.1, -0.05) is 11.6 Å². The molecule has 0 radical (unpaired) electrons. The monoisotopic (exact) mass is 529 g/mol. The Morgan fingerprint density at radius 3 is 2.58 bits per heavy atom. The average Bonchev–Trinajstić information content (AvgIpc) is 3.49. The van der Waals surface area contributed by atoms with Gasteiger partial charge in [-0.15, -0.1) is 10.2 Å². The molecule has 1 N–H and O–H groups in total. The zero-order valence-electron chi connectivity index (χ0n) is 20.4. The van der Waals surface area contributed by atoms with Crippen molar-refractivity contribution in [2.45, 2.75) is 32.2 Å². The lowest BCUT2D eigenvalue weighted by molar-refractivity contribution is 0.0979. The summed E-state index contributed by atoms with van der Waals surface area (Å²) < 4.78 is 29.8. The standard InChI is InChI=1S/C24H28ClN7O3S/c1-15(2)32-6-4-31(5-7-32)13-22-29-30-24(35-22)19-9-16(10-21-20(19)12-27-28-21)17-8-18(14-36(3,33)34)23(25)26-11-17/h8-12,15H,4-7,13-14H2,1-3H3,(H,27,28). The Bertz CT molecular complexity index is 1490. The third-order valence-electron chi connectivity index (χ3n) is 6.41. The molecular formula is C24H28ClN7O3S. The molecule has 0 spiro atoms. The summed E-state index contributed by atoms with van der Waals surface area (Å²) in [5.41, 5.74) is 3.48. The van der Waals surface area contributed by atoms with Crippen LogP contribution < -0.4 is 0 Å². The Labute approximate surface area is 214 Å². The van der Waals surface area contributed by atoms with Gasteiger partial charge in [-0.2, -0.15) is 5.10 Å². The SMILES string of the molecule is CC(C)N1CCN(Cc2nnc(-c3cc(-c4cnc(Cl)c(CS(C)(=O)=O)c4)cc4[nH]ncc34)o2)CC1. The number of pyridine rings is 1. The average molecular weight is 530 g/mol. The number of sulfone groups is 1. The van der Waals surface area contributed by atoms with Gasteiger partial charge >= 0.3 is 0 Å². The Hall–Kier alpha value is -2.86. The van der Waals surface area contributed by atoms with E-state index in [1.165, 1.54) is 6.26 Å². The molecule has 1 aliphatic rings. The topological polar surface area (TPSA) is 121 Å². The molecular weight excluding hydrogens is 502 g/mol. The molecule has 1 fully saturated rings. The van der Waals surface area contributed by atoms with Gasteiger partial charge in [0.15, 0.2) is 9.84 Å². The number of rotatable bonds is 7. The van der Waals surface area contributed by atoms with Crippen LogP contribution in [0.1, 0.15) is 25.3 Å². The van der Waals surface area contributed by atoms with Gasteiger partial charge in [0.1, 0.15) is 5.15 Å². The predicted molar refractivity (Wildman–Crippen MR) is 138 cm³/mol. The molecule has 0 saturated carbocycles. The van der Waals surface area contributed by atoms with E-state index in [-0.39, 0.29) is 10.9 Å². The summed E-state index contributed by atoms with van der Waals surface area (Å²) >= 11 is 6.17. The van der Waals surface area contributed by atoms with Gasteiger partial charge in [0.05, 0.1) is 29.6 Å². The fraction of sp³-hybridized carbons (Fsp3) is 0.417. The molecule has 0 aliphatic carbocycles. The summed E-state index contributed by atoms with van der Waals surface area (Å²) in [6, 6.07) is 6.14. The molecule has 12 heteroatoms. The number of H-pyrrole nitrogens is 1. The van der Waals surface area contributed by atoms with Crippen molar-refractivity contribution in [2.24, 2.45) is 0 Å². The second-order valence-corrected chi connectivity index (χ2v) is 12.0. The molecule has 0 bridgehead atoms. The van der Waals surface area contributed by atoms with E-state index in [0.29, 0.717) is 29.9 Å². The van der Waals surface area contributed by atoms with Gasteiger partial charge < -0.3 is 4.42 Å². The first-order valence-electron chi connectivity index (χ1n) is 11.7. The van der Waals surface area contributed by atoms with Crippen molar-refractivity contribution in [3.05, 3.63) is 47.2 Å². The minimum absolute atomic E-state index is 0.169. The van der Waals surface area contributed by atoms with Gasteiger partial charge in [0, 0.05) is 61.2 Å². The van der Waals surface area contributed by atoms with Crippen molar-refractivity contribution in [2.75, 3.05) is 32.4 Å². The second-order valence-electron chi connectivity index (χ2n) is 9.51. The summed E-state index contributed by atoms with van der Waals surface area (Å²) in [4.78, 5) is 8.99. The smallest absolute Gasteiger partial charge is 0.248 e. The highest BCUT2D eigenvalue weighted by Crippen LogP contribution is 2.34. The van der Waals surface area contributed by atoms with Gasteiger partial charge in [0.2, 0.25) is 11.8 Å². The Morgan fingerprint density at radius 1 is 1.08 bits per heavy atom. The molecule has 0 unspecified atom stereocenters. The van der Waals surface area contributed by atoms with Crippen LogP contribution in [-0.4, -0.2) is 82.1 Å². The first-order chi connectivity index (χ1) is 17.2. The Balaban J connectivity index is 1.44. The van der Waals surface area contributed by atoms with E-state index in [9.17, 15) is 8.42 Å². The number of hydrogen-bond donors (Lipinski definition) is 1. The molecule has 1 aromatic carbocycles. The van der Waals surface area contributed by atoms with E-state index in [1.54, 1.807) is 18.5 Å². The van der Waals surface area contributed by atoms with Crippen LogP contribution in [0.15, 0.2) is 35.0 Å². The van der Waals surface area contributed by atoms with E-state index in [2.05, 4.69) is 49.0 Å². The summed E-state index contributed by atoms with van der Waals surface area (Å²) in [6.07, 6.45) is 4.51. The number of fused-ring (bicyclic) bond motifs is 1. The van der Waals surface area contributed by atoms with Crippen molar-refractivity contribution in [3.8, 4) is 22.6 Å². The zero-order chi connectivity index (χ0) is 25.4. The highest BCUT2D eigenvalue weighted by molar-refractivity contribution is 7.89. The van der Waals surface area contributed by atoms with Gasteiger partial charge in [-0.25, -0.2) is 13.4 Å². The van der Waals surface area contributed by atoms with E-state index < -0.39 is 9.84 Å². The lowest BCUT2D eigenvalue weighted by atomic mass is 10.0. The minimum Gasteiger partial charge on any atom is -0.419 e. The number of piperazine rings is 1. The van der Waals surface area contributed by atoms with Gasteiger partial charge in [-0.3, -0.25) is 14.9 Å². The van der Waals surface area contributed by atoms with Crippen LogP contribution in [0.4, 0.5) is 0 Å².